The summed E-state index contributed by atoms with van der Waals surface area (Å²) in [5, 5.41) is 15.9. The number of aromatic nitrogens is 2. The van der Waals surface area contributed by atoms with Gasteiger partial charge in [-0.1, -0.05) is 19.3 Å². The number of unbranched alkanes of at least 4 members (excludes halogenated alkanes) is 1. The molecule has 6 nitrogen and oxygen atoms in total. The van der Waals surface area contributed by atoms with Crippen LogP contribution in [0.25, 0.3) is 0 Å². The van der Waals surface area contributed by atoms with Gasteiger partial charge in [0.15, 0.2) is 0 Å². The van der Waals surface area contributed by atoms with Gasteiger partial charge in [-0.25, -0.2) is 9.78 Å². The first-order valence-corrected chi connectivity index (χ1v) is 8.31. The Balaban J connectivity index is 1.53. The van der Waals surface area contributed by atoms with Crippen molar-refractivity contribution in [2.24, 2.45) is 0 Å². The molecule has 2 amide bonds. The third-order valence-corrected chi connectivity index (χ3v) is 4.40. The first-order chi connectivity index (χ1) is 10.6. The normalized spacial score (nSPS) is 17.2. The number of carbonyl (C=O) groups is 1. The van der Waals surface area contributed by atoms with Gasteiger partial charge in [0.2, 0.25) is 0 Å². The molecule has 3 N–H and O–H groups in total. The maximum absolute atomic E-state index is 11.7. The third kappa shape index (κ3) is 5.33. The summed E-state index contributed by atoms with van der Waals surface area (Å²) in [6, 6.07) is -0.183. The van der Waals surface area contributed by atoms with E-state index >= 15 is 0 Å². The Morgan fingerprint density at radius 2 is 2.09 bits per heavy atom. The number of rotatable bonds is 7. The summed E-state index contributed by atoms with van der Waals surface area (Å²) in [6.07, 6.45) is 10.6. The lowest BCUT2D eigenvalue weighted by molar-refractivity contribution is 0.00720. The maximum Gasteiger partial charge on any atom is 0.314 e. The lowest BCUT2D eigenvalue weighted by Gasteiger charge is -2.32. The van der Waals surface area contributed by atoms with E-state index in [2.05, 4.69) is 20.2 Å². The van der Waals surface area contributed by atoms with Crippen molar-refractivity contribution in [2.45, 2.75) is 64.0 Å². The minimum absolute atomic E-state index is 0.183. The predicted octanol–water partition coefficient (Wildman–Crippen LogP) is 1.97. The lowest BCUT2D eigenvalue weighted by Crippen LogP contribution is -2.47. The van der Waals surface area contributed by atoms with E-state index in [0.717, 1.165) is 50.9 Å². The van der Waals surface area contributed by atoms with E-state index in [1.54, 1.807) is 6.20 Å². The topological polar surface area (TPSA) is 79.2 Å². The van der Waals surface area contributed by atoms with Crippen LogP contribution in [0, 0.1) is 6.92 Å². The largest absolute Gasteiger partial charge is 0.388 e. The second-order valence-corrected chi connectivity index (χ2v) is 6.27. The van der Waals surface area contributed by atoms with Gasteiger partial charge in [-0.05, 0) is 32.6 Å². The zero-order chi connectivity index (χ0) is 15.8. The molecule has 0 aliphatic heterocycles. The average molecular weight is 308 g/mol. The summed E-state index contributed by atoms with van der Waals surface area (Å²) < 4.78 is 2.11. The molecule has 0 radical (unpaired) electrons. The highest BCUT2D eigenvalue weighted by Crippen LogP contribution is 2.27. The van der Waals surface area contributed by atoms with Gasteiger partial charge in [-0.2, -0.15) is 0 Å². The summed E-state index contributed by atoms with van der Waals surface area (Å²) in [5.41, 5.74) is -0.700. The molecule has 1 heterocycles. The number of aliphatic hydroxyl groups is 1. The van der Waals surface area contributed by atoms with Crippen LogP contribution < -0.4 is 10.6 Å². The SMILES string of the molecule is Cc1nccn1CCCCNC(=O)NCC1(O)CCCCC1. The summed E-state index contributed by atoms with van der Waals surface area (Å²) in [7, 11) is 0. The van der Waals surface area contributed by atoms with Crippen LogP contribution in [0.15, 0.2) is 12.4 Å². The van der Waals surface area contributed by atoms with Crippen LogP contribution in [0.1, 0.15) is 50.8 Å². The van der Waals surface area contributed by atoms with E-state index in [-0.39, 0.29) is 6.03 Å². The molecular weight excluding hydrogens is 280 g/mol. The van der Waals surface area contributed by atoms with Gasteiger partial charge in [-0.15, -0.1) is 0 Å². The molecule has 22 heavy (non-hydrogen) atoms. The standard InChI is InChI=1S/C16H28N4O2/c1-14-17-10-12-20(14)11-6-5-9-18-15(21)19-13-16(22)7-3-2-4-8-16/h10,12,22H,2-9,11,13H2,1H3,(H2,18,19,21). The van der Waals surface area contributed by atoms with Crippen molar-refractivity contribution < 1.29 is 9.90 Å². The fraction of sp³-hybridized carbons (Fsp3) is 0.750. The molecule has 1 aromatic heterocycles. The lowest BCUT2D eigenvalue weighted by atomic mass is 9.85. The zero-order valence-corrected chi connectivity index (χ0v) is 13.5. The zero-order valence-electron chi connectivity index (χ0n) is 13.5. The second-order valence-electron chi connectivity index (χ2n) is 6.27. The van der Waals surface area contributed by atoms with E-state index in [9.17, 15) is 9.90 Å². The Morgan fingerprint density at radius 3 is 2.77 bits per heavy atom. The molecule has 0 saturated heterocycles. The number of nitrogens with zero attached hydrogens (tertiary/aromatic N) is 2. The Morgan fingerprint density at radius 1 is 1.32 bits per heavy atom. The van der Waals surface area contributed by atoms with Crippen LogP contribution >= 0.6 is 0 Å². The molecule has 0 spiro atoms. The molecular formula is C16H28N4O2. The van der Waals surface area contributed by atoms with Crippen LogP contribution in [0.2, 0.25) is 0 Å². The number of hydrogen-bond acceptors (Lipinski definition) is 3. The Labute approximate surface area is 132 Å². The number of hydrogen-bond donors (Lipinski definition) is 3. The number of nitrogens with one attached hydrogen (secondary N) is 2. The van der Waals surface area contributed by atoms with Crippen molar-refractivity contribution in [1.82, 2.24) is 20.2 Å². The Kier molecular flexibility index (Phi) is 6.24. The van der Waals surface area contributed by atoms with Crippen molar-refractivity contribution in [3.05, 3.63) is 18.2 Å². The number of aryl methyl sites for hydroxylation is 2. The first-order valence-electron chi connectivity index (χ1n) is 8.31. The van der Waals surface area contributed by atoms with Gasteiger partial charge in [-0.3, -0.25) is 0 Å². The number of amides is 2. The van der Waals surface area contributed by atoms with E-state index in [1.165, 1.54) is 6.42 Å². The molecule has 0 unspecified atom stereocenters. The Hall–Kier alpha value is -1.56. The monoisotopic (exact) mass is 308 g/mol. The van der Waals surface area contributed by atoms with E-state index in [1.807, 2.05) is 13.1 Å². The molecule has 0 bridgehead atoms. The highest BCUT2D eigenvalue weighted by Gasteiger charge is 2.29. The predicted molar refractivity (Wildman–Crippen MR) is 85.6 cm³/mol. The Bertz CT molecular complexity index is 466. The van der Waals surface area contributed by atoms with Gasteiger partial charge in [0.1, 0.15) is 5.82 Å². The van der Waals surface area contributed by atoms with E-state index < -0.39 is 5.60 Å². The first kappa shape index (κ1) is 16.8. The van der Waals surface area contributed by atoms with Crippen molar-refractivity contribution in [2.75, 3.05) is 13.1 Å². The van der Waals surface area contributed by atoms with Crippen LogP contribution in [-0.4, -0.2) is 39.4 Å². The van der Waals surface area contributed by atoms with Crippen molar-refractivity contribution in [1.29, 1.82) is 0 Å². The molecule has 1 fully saturated rings. The summed E-state index contributed by atoms with van der Waals surface area (Å²) in [5.74, 6) is 1.02. The van der Waals surface area contributed by atoms with Gasteiger partial charge in [0.25, 0.3) is 0 Å². The van der Waals surface area contributed by atoms with Crippen molar-refractivity contribution in [3.8, 4) is 0 Å². The quantitative estimate of drug-likeness (QED) is 0.674. The fourth-order valence-electron chi connectivity index (χ4n) is 2.94. The minimum Gasteiger partial charge on any atom is -0.388 e. The molecule has 0 atom stereocenters. The minimum atomic E-state index is -0.700. The van der Waals surface area contributed by atoms with Gasteiger partial charge in [0.05, 0.1) is 5.60 Å². The molecule has 1 saturated carbocycles. The van der Waals surface area contributed by atoms with E-state index in [0.29, 0.717) is 13.1 Å². The van der Waals surface area contributed by atoms with Crippen LogP contribution in [-0.2, 0) is 6.54 Å². The summed E-state index contributed by atoms with van der Waals surface area (Å²) in [4.78, 5) is 15.9. The van der Waals surface area contributed by atoms with Gasteiger partial charge >= 0.3 is 6.03 Å². The smallest absolute Gasteiger partial charge is 0.314 e. The summed E-state index contributed by atoms with van der Waals surface area (Å²) in [6.45, 7) is 3.92. The average Bonchev–Trinajstić information content (AvgIpc) is 2.91. The molecule has 1 aromatic rings. The molecule has 2 rings (SSSR count). The second kappa shape index (κ2) is 8.17. The van der Waals surface area contributed by atoms with E-state index in [4.69, 9.17) is 0 Å². The molecule has 0 aromatic carbocycles. The van der Waals surface area contributed by atoms with Gasteiger partial charge < -0.3 is 20.3 Å². The maximum atomic E-state index is 11.7. The summed E-state index contributed by atoms with van der Waals surface area (Å²) >= 11 is 0. The highest BCUT2D eigenvalue weighted by atomic mass is 16.3. The van der Waals surface area contributed by atoms with Gasteiger partial charge in [0, 0.05) is 32.0 Å². The number of imidazole rings is 1. The molecule has 124 valence electrons. The molecule has 1 aliphatic carbocycles. The van der Waals surface area contributed by atoms with Crippen LogP contribution in [0.3, 0.4) is 0 Å². The molecule has 6 heteroatoms. The van der Waals surface area contributed by atoms with Crippen molar-refractivity contribution in [3.63, 3.8) is 0 Å². The molecule has 1 aliphatic rings. The highest BCUT2D eigenvalue weighted by molar-refractivity contribution is 5.73. The van der Waals surface area contributed by atoms with Crippen LogP contribution in [0.4, 0.5) is 4.79 Å². The number of carbonyl (C=O) groups excluding carboxylic acids is 1. The fourth-order valence-corrected chi connectivity index (χ4v) is 2.94. The third-order valence-electron chi connectivity index (χ3n) is 4.40. The van der Waals surface area contributed by atoms with Crippen molar-refractivity contribution >= 4 is 6.03 Å². The number of urea groups is 1. The van der Waals surface area contributed by atoms with Crippen LogP contribution in [0.5, 0.6) is 0 Å².